The number of carbonyl (C=O) groups excluding carboxylic acids is 3. The topological polar surface area (TPSA) is 189 Å². The van der Waals surface area contributed by atoms with E-state index >= 15 is 0 Å². The average Bonchev–Trinajstić information content (AvgIpc) is 3.75. The molecule has 54 heavy (non-hydrogen) atoms. The number of hydrogen-bond donors (Lipinski definition) is 4. The molecule has 15 nitrogen and oxygen atoms in total. The van der Waals surface area contributed by atoms with Crippen molar-refractivity contribution in [3.63, 3.8) is 0 Å². The van der Waals surface area contributed by atoms with Crippen molar-refractivity contribution in [2.75, 3.05) is 49.2 Å². The van der Waals surface area contributed by atoms with Gasteiger partial charge in [0.15, 0.2) is 17.3 Å². The quantitative estimate of drug-likeness (QED) is 0.120. The first-order chi connectivity index (χ1) is 26.2. The third-order valence-corrected chi connectivity index (χ3v) is 10.8. The van der Waals surface area contributed by atoms with Gasteiger partial charge in [0.2, 0.25) is 5.91 Å². The molecule has 0 spiro atoms. The van der Waals surface area contributed by atoms with Crippen LogP contribution in [0.3, 0.4) is 0 Å². The number of amides is 4. The van der Waals surface area contributed by atoms with E-state index in [4.69, 9.17) is 21.0 Å². The number of likely N-dealkylation sites (tertiary alicyclic amines) is 1. The zero-order chi connectivity index (χ0) is 37.8. The summed E-state index contributed by atoms with van der Waals surface area (Å²) in [6, 6.07) is 12.5. The SMILES string of the molecule is COc1cc(N)c(C=N)cc1C(=O)Nc1cnc2cccnn12.Cn1nc(N2CCC(=O)NC2=O)c2cccc(C3CCN(CC4CCCCC4)CC3)c21. The van der Waals surface area contributed by atoms with Crippen molar-refractivity contribution >= 4 is 57.9 Å². The molecule has 0 unspecified atom stereocenters. The van der Waals surface area contributed by atoms with Gasteiger partial charge in [-0.15, -0.1) is 0 Å². The number of piperidine rings is 1. The molecule has 2 aliphatic heterocycles. The van der Waals surface area contributed by atoms with Gasteiger partial charge >= 0.3 is 6.03 Å². The molecule has 5 aromatic rings. The maximum absolute atomic E-state index is 12.5. The van der Waals surface area contributed by atoms with Gasteiger partial charge in [-0.3, -0.25) is 24.5 Å². The van der Waals surface area contributed by atoms with Crippen LogP contribution >= 0.6 is 0 Å². The van der Waals surface area contributed by atoms with E-state index in [1.807, 2.05) is 17.8 Å². The largest absolute Gasteiger partial charge is 0.496 e. The highest BCUT2D eigenvalue weighted by Crippen LogP contribution is 2.37. The van der Waals surface area contributed by atoms with Crippen molar-refractivity contribution < 1.29 is 19.1 Å². The molecule has 2 aromatic carbocycles. The van der Waals surface area contributed by atoms with Gasteiger partial charge in [0, 0.05) is 61.7 Å². The van der Waals surface area contributed by atoms with Crippen LogP contribution in [0.1, 0.15) is 78.8 Å². The second-order valence-corrected chi connectivity index (χ2v) is 14.2. The minimum atomic E-state index is -0.405. The number of methoxy groups -OCH3 is 1. The molecule has 15 heteroatoms. The number of hydrogen-bond acceptors (Lipinski definition) is 10. The third kappa shape index (κ3) is 7.62. The van der Waals surface area contributed by atoms with E-state index in [1.165, 1.54) is 100 Å². The summed E-state index contributed by atoms with van der Waals surface area (Å²) >= 11 is 0. The number of fused-ring (bicyclic) bond motifs is 2. The first-order valence-electron chi connectivity index (χ1n) is 18.6. The van der Waals surface area contributed by atoms with Gasteiger partial charge in [-0.05, 0) is 80.4 Å². The van der Waals surface area contributed by atoms with Crippen LogP contribution in [0.15, 0.2) is 54.9 Å². The van der Waals surface area contributed by atoms with Crippen LogP contribution in [0, 0.1) is 11.3 Å². The summed E-state index contributed by atoms with van der Waals surface area (Å²) in [4.78, 5) is 44.9. The molecule has 8 rings (SSSR count). The highest BCUT2D eigenvalue weighted by Gasteiger charge is 2.30. The molecule has 3 fully saturated rings. The molecule has 2 saturated heterocycles. The van der Waals surface area contributed by atoms with Crippen LogP contribution < -0.4 is 26.0 Å². The lowest BCUT2D eigenvalue weighted by Crippen LogP contribution is -2.49. The van der Waals surface area contributed by atoms with E-state index < -0.39 is 5.91 Å². The standard InChI is InChI=1S/C24H33N5O2.C15H14N6O2/c1-27-22-19(18-10-13-28(14-11-18)16-17-6-3-2-4-7-17)8-5-9-20(22)23(26-27)29-15-12-21(30)25-24(29)31;1-23-12-6-11(17)9(7-16)5-10(12)15(22)20-14-8-18-13-3-2-4-19-21(13)14/h5,8-9,17-18H,2-4,6-7,10-16H2,1H3,(H,25,30,31);2-8,16H,17H2,1H3,(H,20,22). The Bertz CT molecular complexity index is 2180. The van der Waals surface area contributed by atoms with E-state index in [0.29, 0.717) is 53.2 Å². The molecule has 0 bridgehead atoms. The molecule has 5 heterocycles. The van der Waals surface area contributed by atoms with Gasteiger partial charge < -0.3 is 26.1 Å². The molecule has 0 radical (unpaired) electrons. The minimum Gasteiger partial charge on any atom is -0.496 e. The first-order valence-corrected chi connectivity index (χ1v) is 18.6. The Morgan fingerprint density at radius 3 is 2.61 bits per heavy atom. The summed E-state index contributed by atoms with van der Waals surface area (Å²) in [5.41, 5.74) is 9.95. The average molecular weight is 734 g/mol. The first kappa shape index (κ1) is 36.5. The fraction of sp³-hybridized carbons (Fsp3) is 0.410. The molecule has 1 saturated carbocycles. The number of nitrogens with zero attached hydrogens (tertiary/aromatic N) is 7. The Hall–Kier alpha value is -5.83. The van der Waals surface area contributed by atoms with Crippen molar-refractivity contribution in [2.45, 2.75) is 57.3 Å². The van der Waals surface area contributed by atoms with Gasteiger partial charge in [-0.25, -0.2) is 9.78 Å². The number of benzene rings is 2. The van der Waals surface area contributed by atoms with E-state index in [2.05, 4.69) is 37.7 Å². The molecule has 1 aliphatic carbocycles. The number of ether oxygens (including phenoxy) is 1. The molecular weight excluding hydrogens is 687 g/mol. The number of carbonyl (C=O) groups is 3. The molecule has 3 aromatic heterocycles. The predicted octanol–water partition coefficient (Wildman–Crippen LogP) is 5.35. The fourth-order valence-corrected chi connectivity index (χ4v) is 7.99. The maximum Gasteiger partial charge on any atom is 0.329 e. The summed E-state index contributed by atoms with van der Waals surface area (Å²) in [6.45, 7) is 3.98. The number of nitrogens with two attached hydrogens (primary N) is 1. The number of aromatic nitrogens is 5. The van der Waals surface area contributed by atoms with Crippen molar-refractivity contribution in [1.82, 2.24) is 34.6 Å². The lowest BCUT2D eigenvalue weighted by atomic mass is 9.86. The van der Waals surface area contributed by atoms with Crippen LogP contribution in [-0.2, 0) is 11.8 Å². The second kappa shape index (κ2) is 16.0. The minimum absolute atomic E-state index is 0.220. The Kier molecular flexibility index (Phi) is 10.9. The summed E-state index contributed by atoms with van der Waals surface area (Å²) in [5, 5.41) is 22.3. The van der Waals surface area contributed by atoms with Gasteiger partial charge in [0.05, 0.1) is 24.4 Å². The van der Waals surface area contributed by atoms with Crippen LogP contribution in [-0.4, -0.2) is 86.6 Å². The van der Waals surface area contributed by atoms with Crippen LogP contribution in [0.25, 0.3) is 16.6 Å². The molecular formula is C39H47N11O4. The predicted molar refractivity (Wildman–Crippen MR) is 207 cm³/mol. The summed E-state index contributed by atoms with van der Waals surface area (Å²) < 4.78 is 8.63. The number of para-hydroxylation sites is 1. The van der Waals surface area contributed by atoms with E-state index in [1.54, 1.807) is 23.2 Å². The van der Waals surface area contributed by atoms with Crippen LogP contribution in [0.2, 0.25) is 0 Å². The van der Waals surface area contributed by atoms with Gasteiger partial charge in [0.1, 0.15) is 5.75 Å². The van der Waals surface area contributed by atoms with Crippen molar-refractivity contribution in [2.24, 2.45) is 13.0 Å². The number of imidazole rings is 1. The third-order valence-electron chi connectivity index (χ3n) is 10.8. The number of imide groups is 1. The number of nitrogen functional groups attached to an aromatic ring is 1. The van der Waals surface area contributed by atoms with Crippen LogP contribution in [0.5, 0.6) is 5.75 Å². The zero-order valence-corrected chi connectivity index (χ0v) is 30.8. The Morgan fingerprint density at radius 2 is 1.87 bits per heavy atom. The van der Waals surface area contributed by atoms with Crippen molar-refractivity contribution in [3.05, 3.63) is 71.5 Å². The van der Waals surface area contributed by atoms with Crippen molar-refractivity contribution in [1.29, 1.82) is 5.41 Å². The van der Waals surface area contributed by atoms with Crippen molar-refractivity contribution in [3.8, 4) is 5.75 Å². The highest BCUT2D eigenvalue weighted by atomic mass is 16.5. The molecule has 0 atom stereocenters. The van der Waals surface area contributed by atoms with Gasteiger partial charge in [-0.2, -0.15) is 14.7 Å². The number of nitrogens with one attached hydrogen (secondary N) is 3. The molecule has 4 amide bonds. The zero-order valence-electron chi connectivity index (χ0n) is 30.8. The normalized spacial score (nSPS) is 17.3. The van der Waals surface area contributed by atoms with E-state index in [-0.39, 0.29) is 17.5 Å². The monoisotopic (exact) mass is 733 g/mol. The highest BCUT2D eigenvalue weighted by molar-refractivity contribution is 6.09. The van der Waals surface area contributed by atoms with Crippen LogP contribution in [0.4, 0.5) is 22.1 Å². The number of aryl methyl sites for hydroxylation is 1. The lowest BCUT2D eigenvalue weighted by Gasteiger charge is -2.35. The smallest absolute Gasteiger partial charge is 0.329 e. The molecule has 5 N–H and O–H groups in total. The Labute approximate surface area is 313 Å². The number of anilines is 3. The number of urea groups is 1. The Balaban J connectivity index is 0.000000175. The molecule has 282 valence electrons. The van der Waals surface area contributed by atoms with Gasteiger partial charge in [0.25, 0.3) is 5.91 Å². The number of rotatable bonds is 8. The second-order valence-electron chi connectivity index (χ2n) is 14.2. The summed E-state index contributed by atoms with van der Waals surface area (Å²) in [7, 11) is 3.41. The van der Waals surface area contributed by atoms with Gasteiger partial charge in [-0.1, -0.05) is 31.4 Å². The van der Waals surface area contributed by atoms with E-state index in [9.17, 15) is 14.4 Å². The maximum atomic E-state index is 12.5. The lowest BCUT2D eigenvalue weighted by molar-refractivity contribution is -0.120. The summed E-state index contributed by atoms with van der Waals surface area (Å²) in [6.07, 6.45) is 13.9. The molecule has 3 aliphatic rings. The fourth-order valence-electron chi connectivity index (χ4n) is 7.99. The summed E-state index contributed by atoms with van der Waals surface area (Å²) in [5.74, 6) is 2.20. The van der Waals surface area contributed by atoms with E-state index in [0.717, 1.165) is 23.0 Å². The Morgan fingerprint density at radius 1 is 1.07 bits per heavy atom.